The third-order valence-electron chi connectivity index (χ3n) is 1.73. The Bertz CT molecular complexity index is 366. The topological polar surface area (TPSA) is 30.2 Å². The fourth-order valence-corrected chi connectivity index (χ4v) is 1.13. The molecule has 2 aromatic heterocycles. The molecule has 2 aromatic rings. The largest absolute Gasteiger partial charge is 0.237 e. The summed E-state index contributed by atoms with van der Waals surface area (Å²) in [5.74, 6) is 0. The van der Waals surface area contributed by atoms with E-state index in [-0.39, 0.29) is 0 Å². The van der Waals surface area contributed by atoms with E-state index in [0.29, 0.717) is 0 Å². The van der Waals surface area contributed by atoms with Crippen molar-refractivity contribution in [2.45, 2.75) is 41.0 Å². The molecular formula is C12H21N3. The van der Waals surface area contributed by atoms with Gasteiger partial charge in [0.05, 0.1) is 6.20 Å². The van der Waals surface area contributed by atoms with Gasteiger partial charge in [-0.2, -0.15) is 5.10 Å². The first-order chi connectivity index (χ1) is 7.42. The number of aromatic nitrogens is 3. The molecule has 0 unspecified atom stereocenters. The first-order valence-corrected chi connectivity index (χ1v) is 5.69. The molecule has 0 aromatic carbocycles. The summed E-state index contributed by atoms with van der Waals surface area (Å²) in [5.41, 5.74) is 2.17. The van der Waals surface area contributed by atoms with Crippen LogP contribution in [-0.4, -0.2) is 14.6 Å². The van der Waals surface area contributed by atoms with E-state index in [0.717, 1.165) is 12.1 Å². The van der Waals surface area contributed by atoms with Crippen molar-refractivity contribution < 1.29 is 0 Å². The first-order valence-electron chi connectivity index (χ1n) is 5.69. The Kier molecular flexibility index (Phi) is 7.24. The number of hydrogen-bond acceptors (Lipinski definition) is 2. The van der Waals surface area contributed by atoms with Crippen molar-refractivity contribution in [3.8, 4) is 0 Å². The number of hydrogen-bond donors (Lipinski definition) is 0. The zero-order valence-electron chi connectivity index (χ0n) is 10.4. The molecule has 0 amide bonds. The monoisotopic (exact) mass is 207 g/mol. The van der Waals surface area contributed by atoms with Gasteiger partial charge in [0.15, 0.2) is 5.65 Å². The van der Waals surface area contributed by atoms with E-state index in [1.54, 1.807) is 10.7 Å². The number of rotatable bonds is 1. The minimum absolute atomic E-state index is 0.968. The number of nitrogens with zero attached hydrogens (tertiary/aromatic N) is 3. The van der Waals surface area contributed by atoms with Crippen LogP contribution >= 0.6 is 0 Å². The molecule has 0 aliphatic heterocycles. The van der Waals surface area contributed by atoms with Gasteiger partial charge in [0.1, 0.15) is 0 Å². The molecule has 0 aliphatic carbocycles. The Morgan fingerprint density at radius 2 is 1.87 bits per heavy atom. The molecule has 0 radical (unpaired) electrons. The molecule has 15 heavy (non-hydrogen) atoms. The molecule has 3 nitrogen and oxygen atoms in total. The maximum atomic E-state index is 4.21. The summed E-state index contributed by atoms with van der Waals surface area (Å²) >= 11 is 0. The number of aryl methyl sites for hydroxylation is 1. The van der Waals surface area contributed by atoms with Gasteiger partial charge in [-0.25, -0.2) is 9.50 Å². The highest BCUT2D eigenvalue weighted by Gasteiger charge is 1.99. The van der Waals surface area contributed by atoms with E-state index < -0.39 is 0 Å². The van der Waals surface area contributed by atoms with Crippen molar-refractivity contribution in [2.24, 2.45) is 0 Å². The summed E-state index contributed by atoms with van der Waals surface area (Å²) < 4.78 is 1.79. The van der Waals surface area contributed by atoms with E-state index in [2.05, 4.69) is 17.0 Å². The van der Waals surface area contributed by atoms with E-state index in [4.69, 9.17) is 0 Å². The van der Waals surface area contributed by atoms with Crippen LogP contribution in [0.1, 0.15) is 40.2 Å². The molecule has 2 rings (SSSR count). The van der Waals surface area contributed by atoms with Crippen LogP contribution in [0, 0.1) is 0 Å². The van der Waals surface area contributed by atoms with Crippen LogP contribution in [0.2, 0.25) is 0 Å². The molecule has 0 saturated heterocycles. The van der Waals surface area contributed by atoms with Crippen molar-refractivity contribution >= 4 is 5.65 Å². The maximum Gasteiger partial charge on any atom is 0.158 e. The molecule has 0 bridgehead atoms. The molecular weight excluding hydrogens is 186 g/mol. The fourth-order valence-electron chi connectivity index (χ4n) is 1.13. The van der Waals surface area contributed by atoms with Crippen LogP contribution in [0.3, 0.4) is 0 Å². The van der Waals surface area contributed by atoms with Gasteiger partial charge in [0, 0.05) is 18.0 Å². The molecule has 0 fully saturated rings. The molecule has 0 aliphatic rings. The van der Waals surface area contributed by atoms with E-state index in [1.807, 2.05) is 46.2 Å². The highest BCUT2D eigenvalue weighted by Crippen LogP contribution is 2.06. The quantitative estimate of drug-likeness (QED) is 0.718. The van der Waals surface area contributed by atoms with E-state index in [9.17, 15) is 0 Å². The van der Waals surface area contributed by atoms with Crippen molar-refractivity contribution in [3.05, 3.63) is 30.2 Å². The summed E-state index contributed by atoms with van der Waals surface area (Å²) in [5, 5.41) is 4.14. The zero-order chi connectivity index (χ0) is 11.7. The average Bonchev–Trinajstić information content (AvgIpc) is 2.77. The van der Waals surface area contributed by atoms with Gasteiger partial charge < -0.3 is 0 Å². The second-order valence-corrected chi connectivity index (χ2v) is 2.41. The van der Waals surface area contributed by atoms with Crippen LogP contribution < -0.4 is 0 Å². The lowest BCUT2D eigenvalue weighted by atomic mass is 10.3. The van der Waals surface area contributed by atoms with Crippen LogP contribution in [0.5, 0.6) is 0 Å². The smallest absolute Gasteiger partial charge is 0.158 e. The predicted octanol–water partition coefficient (Wildman–Crippen LogP) is 3.34. The Labute approximate surface area is 92.2 Å². The van der Waals surface area contributed by atoms with Gasteiger partial charge in [0.25, 0.3) is 0 Å². The Morgan fingerprint density at radius 1 is 1.20 bits per heavy atom. The van der Waals surface area contributed by atoms with Crippen molar-refractivity contribution in [1.82, 2.24) is 14.6 Å². The Balaban J connectivity index is 0.000000442. The standard InChI is InChI=1S/C8H9N3.2C2H6/c1-2-7-6-10-11-5-3-4-9-8(7)11;2*1-2/h3-6H,2H2,1H3;2*1-2H3. The summed E-state index contributed by atoms with van der Waals surface area (Å²) in [6, 6.07) is 1.87. The maximum absolute atomic E-state index is 4.21. The Hall–Kier alpha value is -1.38. The minimum Gasteiger partial charge on any atom is -0.237 e. The van der Waals surface area contributed by atoms with Gasteiger partial charge in [-0.05, 0) is 12.5 Å². The molecule has 84 valence electrons. The van der Waals surface area contributed by atoms with E-state index in [1.165, 1.54) is 5.56 Å². The molecule has 0 atom stereocenters. The normalized spacial score (nSPS) is 8.60. The highest BCUT2D eigenvalue weighted by molar-refractivity contribution is 5.45. The minimum atomic E-state index is 0.968. The van der Waals surface area contributed by atoms with Crippen LogP contribution in [0.25, 0.3) is 5.65 Å². The van der Waals surface area contributed by atoms with Gasteiger partial charge in [-0.1, -0.05) is 34.6 Å². The SMILES string of the molecule is CC.CC.CCc1cnn2cccnc12. The number of fused-ring (bicyclic) bond motifs is 1. The third-order valence-corrected chi connectivity index (χ3v) is 1.73. The lowest BCUT2D eigenvalue weighted by molar-refractivity contribution is 0.939. The van der Waals surface area contributed by atoms with E-state index >= 15 is 0 Å². The lowest BCUT2D eigenvalue weighted by Crippen LogP contribution is -1.88. The molecule has 2 heterocycles. The lowest BCUT2D eigenvalue weighted by Gasteiger charge is -1.90. The van der Waals surface area contributed by atoms with Gasteiger partial charge >= 0.3 is 0 Å². The predicted molar refractivity (Wildman–Crippen MR) is 65.1 cm³/mol. The van der Waals surface area contributed by atoms with Crippen LogP contribution in [0.4, 0.5) is 0 Å². The second kappa shape index (κ2) is 7.97. The highest BCUT2D eigenvalue weighted by atomic mass is 15.2. The van der Waals surface area contributed by atoms with Gasteiger partial charge in [-0.3, -0.25) is 0 Å². The first kappa shape index (κ1) is 13.6. The summed E-state index contributed by atoms with van der Waals surface area (Å²) in [6.45, 7) is 10.1. The summed E-state index contributed by atoms with van der Waals surface area (Å²) in [4.78, 5) is 4.21. The second-order valence-electron chi connectivity index (χ2n) is 2.41. The fraction of sp³-hybridized carbons (Fsp3) is 0.500. The van der Waals surface area contributed by atoms with Crippen molar-refractivity contribution in [2.75, 3.05) is 0 Å². The van der Waals surface area contributed by atoms with Crippen LogP contribution in [-0.2, 0) is 6.42 Å². The van der Waals surface area contributed by atoms with Crippen molar-refractivity contribution in [1.29, 1.82) is 0 Å². The van der Waals surface area contributed by atoms with Crippen molar-refractivity contribution in [3.63, 3.8) is 0 Å². The molecule has 0 spiro atoms. The van der Waals surface area contributed by atoms with Crippen LogP contribution in [0.15, 0.2) is 24.7 Å². The van der Waals surface area contributed by atoms with Gasteiger partial charge in [-0.15, -0.1) is 0 Å². The summed E-state index contributed by atoms with van der Waals surface area (Å²) in [7, 11) is 0. The molecule has 0 saturated carbocycles. The summed E-state index contributed by atoms with van der Waals surface area (Å²) in [6.07, 6.45) is 6.54. The average molecular weight is 207 g/mol. The third kappa shape index (κ3) is 3.35. The molecule has 3 heteroatoms. The molecule has 0 N–H and O–H groups in total. The van der Waals surface area contributed by atoms with Gasteiger partial charge in [0.2, 0.25) is 0 Å². The Morgan fingerprint density at radius 3 is 2.47 bits per heavy atom. The zero-order valence-corrected chi connectivity index (χ0v) is 10.4.